The Morgan fingerprint density at radius 3 is 2.53 bits per heavy atom. The van der Waals surface area contributed by atoms with Crippen molar-refractivity contribution in [2.75, 3.05) is 13.6 Å². The van der Waals surface area contributed by atoms with Gasteiger partial charge in [0.2, 0.25) is 5.91 Å². The number of likely N-dealkylation sites (N-methyl/N-ethyl adjacent to an activating group) is 1. The molecule has 2 rings (SSSR count). The summed E-state index contributed by atoms with van der Waals surface area (Å²) in [5, 5.41) is 0. The van der Waals surface area contributed by atoms with Crippen LogP contribution in [0.4, 0.5) is 0 Å². The van der Waals surface area contributed by atoms with Crippen LogP contribution in [-0.4, -0.2) is 41.5 Å². The van der Waals surface area contributed by atoms with Crippen LogP contribution in [0.5, 0.6) is 0 Å². The number of hydrogen-bond donors (Lipinski definition) is 0. The van der Waals surface area contributed by atoms with Gasteiger partial charge in [-0.2, -0.15) is 0 Å². The quantitative estimate of drug-likeness (QED) is 0.563. The Balaban J connectivity index is 2.32. The second kappa shape index (κ2) is 3.08. The molecule has 0 N–H and O–H groups in total. The summed E-state index contributed by atoms with van der Waals surface area (Å²) in [6, 6.07) is 0.0618. The minimum atomic E-state index is 0.0618. The highest BCUT2D eigenvalue weighted by Gasteiger charge is 2.51. The van der Waals surface area contributed by atoms with Crippen molar-refractivity contribution in [1.82, 2.24) is 9.80 Å². The number of rotatable bonds is 0. The molecule has 15 heavy (non-hydrogen) atoms. The van der Waals surface area contributed by atoms with E-state index < -0.39 is 0 Å². The van der Waals surface area contributed by atoms with Gasteiger partial charge in [0.15, 0.2) is 0 Å². The number of fused-ring (bicyclic) bond motifs is 1. The fourth-order valence-corrected chi connectivity index (χ4v) is 2.97. The number of hydrogen-bond acceptors (Lipinski definition) is 2. The van der Waals surface area contributed by atoms with E-state index in [0.717, 1.165) is 13.0 Å². The van der Waals surface area contributed by atoms with Gasteiger partial charge >= 0.3 is 0 Å². The van der Waals surface area contributed by atoms with Gasteiger partial charge in [-0.1, -0.05) is 32.9 Å². The van der Waals surface area contributed by atoms with Crippen LogP contribution in [0.1, 0.15) is 27.2 Å². The predicted octanol–water partition coefficient (Wildman–Crippen LogP) is 1.46. The van der Waals surface area contributed by atoms with Crippen molar-refractivity contribution in [1.29, 1.82) is 0 Å². The van der Waals surface area contributed by atoms with Crippen molar-refractivity contribution in [3.05, 3.63) is 12.2 Å². The standard InChI is InChI=1S/C12H20N2O/c1-8-6-9-10(15)13(5)11(12(2,3)4)14(9)7-8/h9,11H,1,6-7H2,2-5H3/t9-,11-/m0/s1. The molecule has 3 nitrogen and oxygen atoms in total. The number of carbonyl (C=O) groups is 1. The highest BCUT2D eigenvalue weighted by atomic mass is 16.2. The minimum absolute atomic E-state index is 0.0618. The summed E-state index contributed by atoms with van der Waals surface area (Å²) < 4.78 is 0. The van der Waals surface area contributed by atoms with Crippen LogP contribution in [0.15, 0.2) is 12.2 Å². The van der Waals surface area contributed by atoms with Crippen molar-refractivity contribution >= 4 is 5.91 Å². The molecule has 2 fully saturated rings. The number of nitrogens with zero attached hydrogens (tertiary/aromatic N) is 2. The van der Waals surface area contributed by atoms with E-state index in [0.29, 0.717) is 0 Å². The highest BCUT2D eigenvalue weighted by molar-refractivity contribution is 5.85. The van der Waals surface area contributed by atoms with Crippen molar-refractivity contribution in [3.8, 4) is 0 Å². The van der Waals surface area contributed by atoms with Crippen LogP contribution in [-0.2, 0) is 4.79 Å². The van der Waals surface area contributed by atoms with Crippen molar-refractivity contribution in [2.24, 2.45) is 5.41 Å². The average Bonchev–Trinajstić information content (AvgIpc) is 2.51. The zero-order valence-corrected chi connectivity index (χ0v) is 10.1. The second-order valence-electron chi connectivity index (χ2n) is 5.83. The molecule has 2 aliphatic heterocycles. The first-order chi connectivity index (χ1) is 6.82. The van der Waals surface area contributed by atoms with Crippen LogP contribution in [0.25, 0.3) is 0 Å². The van der Waals surface area contributed by atoms with E-state index in [4.69, 9.17) is 0 Å². The van der Waals surface area contributed by atoms with Crippen LogP contribution < -0.4 is 0 Å². The van der Waals surface area contributed by atoms with Gasteiger partial charge in [-0.15, -0.1) is 0 Å². The minimum Gasteiger partial charge on any atom is -0.328 e. The average molecular weight is 208 g/mol. The highest BCUT2D eigenvalue weighted by Crippen LogP contribution is 2.39. The topological polar surface area (TPSA) is 23.6 Å². The predicted molar refractivity (Wildman–Crippen MR) is 60.3 cm³/mol. The molecule has 3 heteroatoms. The first kappa shape index (κ1) is 10.7. The molecule has 2 heterocycles. The zero-order valence-electron chi connectivity index (χ0n) is 10.1. The molecule has 2 aliphatic rings. The van der Waals surface area contributed by atoms with E-state index in [1.807, 2.05) is 11.9 Å². The molecule has 0 aromatic rings. The maximum Gasteiger partial charge on any atom is 0.241 e. The zero-order chi connectivity index (χ0) is 11.4. The summed E-state index contributed by atoms with van der Waals surface area (Å²) in [4.78, 5) is 16.2. The molecule has 2 saturated heterocycles. The molecule has 0 aliphatic carbocycles. The Bertz CT molecular complexity index is 316. The normalized spacial score (nSPS) is 32.7. The van der Waals surface area contributed by atoms with Crippen LogP contribution in [0.3, 0.4) is 0 Å². The lowest BCUT2D eigenvalue weighted by atomic mass is 9.91. The summed E-state index contributed by atoms with van der Waals surface area (Å²) in [6.45, 7) is 11.4. The summed E-state index contributed by atoms with van der Waals surface area (Å²) in [5.74, 6) is 0.258. The summed E-state index contributed by atoms with van der Waals surface area (Å²) in [7, 11) is 1.92. The summed E-state index contributed by atoms with van der Waals surface area (Å²) in [5.41, 5.74) is 1.29. The Morgan fingerprint density at radius 1 is 1.40 bits per heavy atom. The van der Waals surface area contributed by atoms with Crippen LogP contribution in [0, 0.1) is 5.41 Å². The maximum absolute atomic E-state index is 12.0. The first-order valence-electron chi connectivity index (χ1n) is 5.51. The third kappa shape index (κ3) is 1.49. The summed E-state index contributed by atoms with van der Waals surface area (Å²) >= 11 is 0. The Hall–Kier alpha value is -0.830. The molecule has 0 unspecified atom stereocenters. The van der Waals surface area contributed by atoms with Crippen molar-refractivity contribution in [3.63, 3.8) is 0 Å². The lowest BCUT2D eigenvalue weighted by molar-refractivity contribution is -0.129. The second-order valence-corrected chi connectivity index (χ2v) is 5.83. The van der Waals surface area contributed by atoms with Gasteiger partial charge in [-0.25, -0.2) is 0 Å². The van der Waals surface area contributed by atoms with E-state index in [9.17, 15) is 4.79 Å². The molecule has 0 spiro atoms. The van der Waals surface area contributed by atoms with Gasteiger partial charge in [0.05, 0.1) is 12.2 Å². The Kier molecular flexibility index (Phi) is 2.19. The van der Waals surface area contributed by atoms with E-state index >= 15 is 0 Å². The molecule has 0 aromatic heterocycles. The van der Waals surface area contributed by atoms with Crippen LogP contribution >= 0.6 is 0 Å². The molecule has 0 saturated carbocycles. The van der Waals surface area contributed by atoms with Gasteiger partial charge < -0.3 is 4.90 Å². The first-order valence-corrected chi connectivity index (χ1v) is 5.51. The molecule has 0 aromatic carbocycles. The monoisotopic (exact) mass is 208 g/mol. The van der Waals surface area contributed by atoms with E-state index in [1.54, 1.807) is 0 Å². The van der Waals surface area contributed by atoms with E-state index in [-0.39, 0.29) is 23.5 Å². The Morgan fingerprint density at radius 2 is 2.00 bits per heavy atom. The van der Waals surface area contributed by atoms with Gasteiger partial charge in [0.1, 0.15) is 0 Å². The molecule has 2 atom stereocenters. The molecule has 0 bridgehead atoms. The van der Waals surface area contributed by atoms with Gasteiger partial charge in [0, 0.05) is 13.6 Å². The molecule has 84 valence electrons. The third-order valence-electron chi connectivity index (χ3n) is 3.38. The van der Waals surface area contributed by atoms with Gasteiger partial charge in [0.25, 0.3) is 0 Å². The van der Waals surface area contributed by atoms with Crippen molar-refractivity contribution < 1.29 is 4.79 Å². The van der Waals surface area contributed by atoms with Crippen LogP contribution in [0.2, 0.25) is 0 Å². The SMILES string of the molecule is C=C1C[C@H]2C(=O)N(C)[C@H](C(C)(C)C)N2C1. The third-order valence-corrected chi connectivity index (χ3v) is 3.38. The molecular formula is C12H20N2O. The smallest absolute Gasteiger partial charge is 0.241 e. The fraction of sp³-hybridized carbons (Fsp3) is 0.750. The molecular weight excluding hydrogens is 188 g/mol. The number of amides is 1. The number of carbonyl (C=O) groups excluding carboxylic acids is 1. The lowest BCUT2D eigenvalue weighted by Crippen LogP contribution is -2.46. The fourth-order valence-electron chi connectivity index (χ4n) is 2.97. The lowest BCUT2D eigenvalue weighted by Gasteiger charge is -2.37. The molecule has 1 amide bonds. The van der Waals surface area contributed by atoms with Crippen molar-refractivity contribution in [2.45, 2.75) is 39.4 Å². The van der Waals surface area contributed by atoms with Gasteiger partial charge in [-0.05, 0) is 11.8 Å². The Labute approximate surface area is 91.7 Å². The van der Waals surface area contributed by atoms with E-state index in [1.165, 1.54) is 5.57 Å². The maximum atomic E-state index is 12.0. The summed E-state index contributed by atoms with van der Waals surface area (Å²) in [6.07, 6.45) is 1.06. The largest absolute Gasteiger partial charge is 0.328 e. The van der Waals surface area contributed by atoms with E-state index in [2.05, 4.69) is 32.3 Å². The van der Waals surface area contributed by atoms with Gasteiger partial charge in [-0.3, -0.25) is 9.69 Å². The molecule has 0 radical (unpaired) electrons.